The molecule has 0 aliphatic heterocycles. The molecule has 1 N–H and O–H groups in total. The van der Waals surface area contributed by atoms with E-state index in [1.807, 2.05) is 12.1 Å². The minimum atomic E-state index is -4.40. The molecule has 0 saturated heterocycles. The van der Waals surface area contributed by atoms with E-state index in [0.29, 0.717) is 23.1 Å². The molecule has 2 aromatic carbocycles. The Labute approximate surface area is 167 Å². The van der Waals surface area contributed by atoms with Crippen LogP contribution in [0.15, 0.2) is 42.6 Å². The van der Waals surface area contributed by atoms with E-state index in [2.05, 4.69) is 9.82 Å². The number of hydrogen-bond donors (Lipinski definition) is 1. The van der Waals surface area contributed by atoms with Crippen LogP contribution in [0.1, 0.15) is 24.5 Å². The molecule has 0 aliphatic carbocycles. The first-order valence-corrected chi connectivity index (χ1v) is 10.7. The number of nitrogens with zero attached hydrogens (tertiary/aromatic N) is 2. The summed E-state index contributed by atoms with van der Waals surface area (Å²) in [4.78, 5) is 0. The van der Waals surface area contributed by atoms with Crippen molar-refractivity contribution in [3.63, 3.8) is 0 Å². The Morgan fingerprint density at radius 1 is 1.14 bits per heavy atom. The molecule has 0 aliphatic rings. The normalized spacial score (nSPS) is 13.7. The lowest BCUT2D eigenvalue weighted by Crippen LogP contribution is -2.33. The van der Waals surface area contributed by atoms with Gasteiger partial charge in [-0.05, 0) is 60.8 Å². The first-order chi connectivity index (χ1) is 13.5. The maximum atomic E-state index is 12.9. The van der Waals surface area contributed by atoms with Crippen molar-refractivity contribution in [2.75, 3.05) is 7.05 Å². The van der Waals surface area contributed by atoms with Gasteiger partial charge in [0.15, 0.2) is 0 Å². The van der Waals surface area contributed by atoms with E-state index in [1.165, 1.54) is 19.2 Å². The fraction of sp³-hybridized carbons (Fsp3) is 0.350. The highest BCUT2D eigenvalue weighted by Gasteiger charge is 2.30. The van der Waals surface area contributed by atoms with E-state index in [0.717, 1.165) is 23.1 Å². The predicted molar refractivity (Wildman–Crippen MR) is 107 cm³/mol. The Morgan fingerprint density at radius 3 is 2.34 bits per heavy atom. The van der Waals surface area contributed by atoms with Gasteiger partial charge in [-0.15, -0.1) is 0 Å². The number of benzene rings is 2. The Kier molecular flexibility index (Phi) is 5.73. The summed E-state index contributed by atoms with van der Waals surface area (Å²) in [6.07, 6.45) is -1.92. The van der Waals surface area contributed by atoms with E-state index in [-0.39, 0.29) is 6.42 Å². The standard InChI is InChI=1S/C20H22F3N3O2S/c1-4-18(29(27,28)24-2)11-15-9-14(10-16-12-26(3)25-19(15)16)13-5-7-17(8-6-13)20(21,22)23/h5-10,12,18,24H,4,11H2,1-3H3. The molecule has 1 aromatic heterocycles. The first kappa shape index (κ1) is 21.3. The van der Waals surface area contributed by atoms with Gasteiger partial charge in [0.2, 0.25) is 10.0 Å². The highest BCUT2D eigenvalue weighted by atomic mass is 32.2. The summed E-state index contributed by atoms with van der Waals surface area (Å²) in [5.74, 6) is 0. The molecular weight excluding hydrogens is 403 g/mol. The van der Waals surface area contributed by atoms with Crippen molar-refractivity contribution in [3.05, 3.63) is 53.7 Å². The van der Waals surface area contributed by atoms with Crippen molar-refractivity contribution in [2.45, 2.75) is 31.2 Å². The Bertz CT molecular complexity index is 1120. The van der Waals surface area contributed by atoms with Gasteiger partial charge >= 0.3 is 6.18 Å². The molecule has 3 aromatic rings. The number of aryl methyl sites for hydroxylation is 1. The molecular formula is C20H22F3N3O2S. The summed E-state index contributed by atoms with van der Waals surface area (Å²) >= 11 is 0. The van der Waals surface area contributed by atoms with Crippen LogP contribution in [0.4, 0.5) is 13.2 Å². The Morgan fingerprint density at radius 2 is 1.79 bits per heavy atom. The molecule has 0 bridgehead atoms. The number of hydrogen-bond acceptors (Lipinski definition) is 3. The molecule has 0 radical (unpaired) electrons. The zero-order valence-corrected chi connectivity index (χ0v) is 17.1. The molecule has 1 unspecified atom stereocenters. The van der Waals surface area contributed by atoms with Crippen molar-refractivity contribution >= 4 is 20.9 Å². The fourth-order valence-corrected chi connectivity index (χ4v) is 4.56. The average Bonchev–Trinajstić information content (AvgIpc) is 3.05. The Balaban J connectivity index is 2.09. The molecule has 29 heavy (non-hydrogen) atoms. The van der Waals surface area contributed by atoms with Crippen LogP contribution in [0.3, 0.4) is 0 Å². The van der Waals surface area contributed by atoms with Crippen LogP contribution in [-0.2, 0) is 29.7 Å². The van der Waals surface area contributed by atoms with Crippen molar-refractivity contribution in [1.29, 1.82) is 0 Å². The summed E-state index contributed by atoms with van der Waals surface area (Å²) in [7, 11) is -0.330. The van der Waals surface area contributed by atoms with Crippen LogP contribution in [0.5, 0.6) is 0 Å². The van der Waals surface area contributed by atoms with Crippen molar-refractivity contribution in [1.82, 2.24) is 14.5 Å². The molecule has 0 fully saturated rings. The number of halogens is 3. The third-order valence-electron chi connectivity index (χ3n) is 4.97. The fourth-order valence-electron chi connectivity index (χ4n) is 3.39. The molecule has 3 rings (SSSR count). The molecule has 156 valence electrons. The summed E-state index contributed by atoms with van der Waals surface area (Å²) < 4.78 is 67.2. The van der Waals surface area contributed by atoms with E-state index in [9.17, 15) is 21.6 Å². The van der Waals surface area contributed by atoms with Gasteiger partial charge in [-0.2, -0.15) is 18.3 Å². The van der Waals surface area contributed by atoms with Crippen LogP contribution < -0.4 is 4.72 Å². The maximum absolute atomic E-state index is 12.9. The molecule has 9 heteroatoms. The van der Waals surface area contributed by atoms with Crippen molar-refractivity contribution in [3.8, 4) is 11.1 Å². The van der Waals surface area contributed by atoms with Gasteiger partial charge in [-0.25, -0.2) is 13.1 Å². The average molecular weight is 425 g/mol. The van der Waals surface area contributed by atoms with Crippen LogP contribution >= 0.6 is 0 Å². The largest absolute Gasteiger partial charge is 0.416 e. The smallest absolute Gasteiger partial charge is 0.275 e. The van der Waals surface area contributed by atoms with Gasteiger partial charge in [0.1, 0.15) is 0 Å². The first-order valence-electron chi connectivity index (χ1n) is 9.11. The number of aromatic nitrogens is 2. The molecule has 5 nitrogen and oxygen atoms in total. The van der Waals surface area contributed by atoms with Gasteiger partial charge in [0.05, 0.1) is 16.3 Å². The summed E-state index contributed by atoms with van der Waals surface area (Å²) in [6, 6.07) is 8.59. The van der Waals surface area contributed by atoms with Crippen LogP contribution in [-0.4, -0.2) is 30.5 Å². The number of nitrogens with one attached hydrogen (secondary N) is 1. The number of alkyl halides is 3. The summed E-state index contributed by atoms with van der Waals surface area (Å²) in [5.41, 5.74) is 2.05. The summed E-state index contributed by atoms with van der Waals surface area (Å²) in [6.45, 7) is 1.80. The second kappa shape index (κ2) is 7.79. The van der Waals surface area contributed by atoms with Gasteiger partial charge in [0.25, 0.3) is 0 Å². The van der Waals surface area contributed by atoms with Gasteiger partial charge in [-0.3, -0.25) is 4.68 Å². The topological polar surface area (TPSA) is 64.0 Å². The lowest BCUT2D eigenvalue weighted by atomic mass is 9.97. The molecule has 1 atom stereocenters. The van der Waals surface area contributed by atoms with Gasteiger partial charge < -0.3 is 0 Å². The van der Waals surface area contributed by atoms with Crippen molar-refractivity contribution < 1.29 is 21.6 Å². The number of fused-ring (bicyclic) bond motifs is 1. The predicted octanol–water partition coefficient (Wildman–Crippen LogP) is 4.13. The highest BCUT2D eigenvalue weighted by Crippen LogP contribution is 2.33. The van der Waals surface area contributed by atoms with E-state index >= 15 is 0 Å². The third kappa shape index (κ3) is 4.45. The van der Waals surface area contributed by atoms with Crippen molar-refractivity contribution in [2.24, 2.45) is 7.05 Å². The van der Waals surface area contributed by atoms with Gasteiger partial charge in [0, 0.05) is 18.6 Å². The lowest BCUT2D eigenvalue weighted by molar-refractivity contribution is -0.137. The van der Waals surface area contributed by atoms with E-state index in [4.69, 9.17) is 0 Å². The van der Waals surface area contributed by atoms with Crippen LogP contribution in [0.2, 0.25) is 0 Å². The Hall–Kier alpha value is -2.39. The lowest BCUT2D eigenvalue weighted by Gasteiger charge is -2.16. The van der Waals surface area contributed by atoms with Crippen LogP contribution in [0.25, 0.3) is 22.0 Å². The SMILES string of the molecule is CCC(Cc1cc(-c2ccc(C(F)(F)F)cc2)cc2cn(C)nc12)S(=O)(=O)NC. The molecule has 1 heterocycles. The molecule has 0 amide bonds. The van der Waals surface area contributed by atoms with E-state index < -0.39 is 27.0 Å². The zero-order valence-electron chi connectivity index (χ0n) is 16.3. The minimum absolute atomic E-state index is 0.252. The number of rotatable bonds is 6. The minimum Gasteiger partial charge on any atom is -0.275 e. The third-order valence-corrected chi connectivity index (χ3v) is 6.92. The maximum Gasteiger partial charge on any atom is 0.416 e. The second-order valence-corrected chi connectivity index (χ2v) is 9.10. The van der Waals surface area contributed by atoms with E-state index in [1.54, 1.807) is 24.9 Å². The molecule has 0 saturated carbocycles. The quantitative estimate of drug-likeness (QED) is 0.646. The second-order valence-electron chi connectivity index (χ2n) is 6.93. The van der Waals surface area contributed by atoms with Gasteiger partial charge in [-0.1, -0.05) is 19.1 Å². The molecule has 0 spiro atoms. The van der Waals surface area contributed by atoms with Crippen LogP contribution in [0, 0.1) is 0 Å². The number of sulfonamides is 1. The summed E-state index contributed by atoms with van der Waals surface area (Å²) in [5, 5.41) is 4.61. The highest BCUT2D eigenvalue weighted by molar-refractivity contribution is 7.90. The zero-order chi connectivity index (χ0) is 21.4. The monoisotopic (exact) mass is 425 g/mol.